The van der Waals surface area contributed by atoms with Crippen LogP contribution in [-0.4, -0.2) is 29.8 Å². The predicted octanol–water partition coefficient (Wildman–Crippen LogP) is 5.17. The van der Waals surface area contributed by atoms with Crippen LogP contribution in [0.4, 0.5) is 5.69 Å². The highest BCUT2D eigenvalue weighted by molar-refractivity contribution is 5.93. The lowest BCUT2D eigenvalue weighted by molar-refractivity contribution is -0.135. The maximum absolute atomic E-state index is 13.0. The molecule has 1 unspecified atom stereocenters. The van der Waals surface area contributed by atoms with Gasteiger partial charge in [0.1, 0.15) is 0 Å². The minimum Gasteiger partial charge on any atom is -0.342 e. The first-order valence-corrected chi connectivity index (χ1v) is 11.1. The van der Waals surface area contributed by atoms with Gasteiger partial charge in [0.2, 0.25) is 11.8 Å². The van der Waals surface area contributed by atoms with E-state index in [1.807, 2.05) is 43.0 Å². The van der Waals surface area contributed by atoms with Gasteiger partial charge < -0.3 is 10.2 Å². The third-order valence-electron chi connectivity index (χ3n) is 5.99. The van der Waals surface area contributed by atoms with E-state index in [0.717, 1.165) is 17.7 Å². The largest absolute Gasteiger partial charge is 0.342 e. The highest BCUT2D eigenvalue weighted by Gasteiger charge is 2.29. The van der Waals surface area contributed by atoms with Crippen LogP contribution in [0.1, 0.15) is 56.2 Å². The Bertz CT molecular complexity index is 848. The molecule has 2 aromatic carbocycles. The molecule has 1 saturated heterocycles. The topological polar surface area (TPSA) is 49.4 Å². The van der Waals surface area contributed by atoms with Crippen LogP contribution in [0.25, 0.3) is 0 Å². The Kier molecular flexibility index (Phi) is 7.30. The summed E-state index contributed by atoms with van der Waals surface area (Å²) in [6.07, 6.45) is 2.48. The van der Waals surface area contributed by atoms with Crippen molar-refractivity contribution < 1.29 is 9.59 Å². The second-order valence-corrected chi connectivity index (χ2v) is 9.02. The molecule has 1 N–H and O–H groups in total. The number of nitrogens with zero attached hydrogens (tertiary/aromatic N) is 1. The number of rotatable bonds is 6. The Morgan fingerprint density at radius 1 is 0.967 bits per heavy atom. The van der Waals surface area contributed by atoms with Crippen molar-refractivity contribution in [1.29, 1.82) is 0 Å². The number of aryl methyl sites for hydroxylation is 1. The van der Waals surface area contributed by atoms with Crippen molar-refractivity contribution in [3.63, 3.8) is 0 Å². The molecule has 160 valence electrons. The molecule has 1 heterocycles. The maximum Gasteiger partial charge on any atom is 0.229 e. The van der Waals surface area contributed by atoms with Gasteiger partial charge in [0.25, 0.3) is 0 Å². The first-order valence-electron chi connectivity index (χ1n) is 11.1. The number of piperidine rings is 1. The molecule has 2 aromatic rings. The van der Waals surface area contributed by atoms with E-state index in [1.165, 1.54) is 11.1 Å². The van der Waals surface area contributed by atoms with Crippen molar-refractivity contribution in [3.8, 4) is 0 Å². The van der Waals surface area contributed by atoms with Crippen molar-refractivity contribution >= 4 is 17.5 Å². The van der Waals surface area contributed by atoms with Crippen molar-refractivity contribution in [2.24, 2.45) is 11.8 Å². The summed E-state index contributed by atoms with van der Waals surface area (Å²) in [5, 5.41) is 3.01. The second kappa shape index (κ2) is 9.92. The fourth-order valence-corrected chi connectivity index (χ4v) is 4.07. The highest BCUT2D eigenvalue weighted by atomic mass is 16.2. The molecule has 3 rings (SSSR count). The lowest BCUT2D eigenvalue weighted by Crippen LogP contribution is -2.43. The van der Waals surface area contributed by atoms with E-state index in [2.05, 4.69) is 43.4 Å². The lowest BCUT2D eigenvalue weighted by Gasteiger charge is -2.33. The zero-order valence-electron chi connectivity index (χ0n) is 18.7. The molecule has 1 fully saturated rings. The molecule has 1 aliphatic rings. The van der Waals surface area contributed by atoms with Crippen molar-refractivity contribution in [2.75, 3.05) is 18.4 Å². The summed E-state index contributed by atoms with van der Waals surface area (Å²) >= 11 is 0. The highest BCUT2D eigenvalue weighted by Crippen LogP contribution is 2.25. The first-order chi connectivity index (χ1) is 14.3. The van der Waals surface area contributed by atoms with Gasteiger partial charge in [-0.3, -0.25) is 9.59 Å². The van der Waals surface area contributed by atoms with Crippen molar-refractivity contribution in [1.82, 2.24) is 4.90 Å². The van der Waals surface area contributed by atoms with Crippen LogP contribution in [0, 0.1) is 18.8 Å². The average molecular weight is 407 g/mol. The van der Waals surface area contributed by atoms with Gasteiger partial charge in [-0.15, -0.1) is 0 Å². The van der Waals surface area contributed by atoms with E-state index in [9.17, 15) is 9.59 Å². The molecule has 1 atom stereocenters. The van der Waals surface area contributed by atoms with Crippen LogP contribution >= 0.6 is 0 Å². The fraction of sp³-hybridized carbons (Fsp3) is 0.462. The van der Waals surface area contributed by atoms with E-state index < -0.39 is 0 Å². The second-order valence-electron chi connectivity index (χ2n) is 9.02. The summed E-state index contributed by atoms with van der Waals surface area (Å²) in [5.41, 5.74) is 4.38. The van der Waals surface area contributed by atoms with E-state index in [1.54, 1.807) is 0 Å². The third kappa shape index (κ3) is 5.71. The number of carbonyl (C=O) groups excluding carboxylic acids is 2. The van der Waals surface area contributed by atoms with Gasteiger partial charge in [-0.05, 0) is 62.3 Å². The van der Waals surface area contributed by atoms with E-state index >= 15 is 0 Å². The molecule has 0 bridgehead atoms. The van der Waals surface area contributed by atoms with E-state index in [0.29, 0.717) is 31.8 Å². The van der Waals surface area contributed by atoms with Crippen molar-refractivity contribution in [2.45, 2.75) is 52.9 Å². The molecule has 0 aromatic heterocycles. The SMILES string of the molecule is Cc1ccc(NC(=O)C2CCN(C(=O)C(C)c3ccc(CC(C)C)cc3)CC2)cc1. The molecule has 0 spiro atoms. The van der Waals surface area contributed by atoms with Gasteiger partial charge in [0.05, 0.1) is 5.92 Å². The number of likely N-dealkylation sites (tertiary alicyclic amines) is 1. The maximum atomic E-state index is 13.0. The first kappa shape index (κ1) is 22.1. The lowest BCUT2D eigenvalue weighted by atomic mass is 9.92. The standard InChI is InChI=1S/C26H34N2O2/c1-18(2)17-21-7-9-22(10-8-21)20(4)26(30)28-15-13-23(14-16-28)25(29)27-24-11-5-19(3)6-12-24/h5-12,18,20,23H,13-17H2,1-4H3,(H,27,29). The van der Waals surface area contributed by atoms with Crippen LogP contribution in [0.5, 0.6) is 0 Å². The van der Waals surface area contributed by atoms with Gasteiger partial charge in [-0.2, -0.15) is 0 Å². The summed E-state index contributed by atoms with van der Waals surface area (Å²) < 4.78 is 0. The number of benzene rings is 2. The van der Waals surface area contributed by atoms with Crippen LogP contribution in [0.2, 0.25) is 0 Å². The summed E-state index contributed by atoms with van der Waals surface area (Å²) in [7, 11) is 0. The van der Waals surface area contributed by atoms with Crippen LogP contribution in [0.15, 0.2) is 48.5 Å². The number of anilines is 1. The van der Waals surface area contributed by atoms with Crippen LogP contribution < -0.4 is 5.32 Å². The molecule has 0 saturated carbocycles. The quantitative estimate of drug-likeness (QED) is 0.719. The van der Waals surface area contributed by atoms with E-state index in [4.69, 9.17) is 0 Å². The van der Waals surface area contributed by atoms with Crippen LogP contribution in [-0.2, 0) is 16.0 Å². The monoisotopic (exact) mass is 406 g/mol. The smallest absolute Gasteiger partial charge is 0.229 e. The predicted molar refractivity (Wildman–Crippen MR) is 123 cm³/mol. The molecule has 4 heteroatoms. The van der Waals surface area contributed by atoms with Gasteiger partial charge in [-0.1, -0.05) is 55.8 Å². The Balaban J connectivity index is 1.51. The summed E-state index contributed by atoms with van der Waals surface area (Å²) in [5.74, 6) is 0.639. The summed E-state index contributed by atoms with van der Waals surface area (Å²) in [6, 6.07) is 16.3. The van der Waals surface area contributed by atoms with Gasteiger partial charge in [-0.25, -0.2) is 0 Å². The summed E-state index contributed by atoms with van der Waals surface area (Å²) in [4.78, 5) is 27.5. The molecular formula is C26H34N2O2. The summed E-state index contributed by atoms with van der Waals surface area (Å²) in [6.45, 7) is 9.71. The van der Waals surface area contributed by atoms with Crippen molar-refractivity contribution in [3.05, 3.63) is 65.2 Å². The van der Waals surface area contributed by atoms with Gasteiger partial charge >= 0.3 is 0 Å². The molecule has 4 nitrogen and oxygen atoms in total. The molecule has 1 aliphatic heterocycles. The molecule has 0 aliphatic carbocycles. The number of carbonyl (C=O) groups is 2. The molecular weight excluding hydrogens is 372 g/mol. The Hall–Kier alpha value is -2.62. The number of hydrogen-bond donors (Lipinski definition) is 1. The molecule has 0 radical (unpaired) electrons. The zero-order chi connectivity index (χ0) is 21.7. The number of amides is 2. The van der Waals surface area contributed by atoms with E-state index in [-0.39, 0.29) is 23.7 Å². The number of hydrogen-bond acceptors (Lipinski definition) is 2. The molecule has 2 amide bonds. The minimum absolute atomic E-state index is 0.0408. The normalized spacial score (nSPS) is 15.8. The van der Waals surface area contributed by atoms with Gasteiger partial charge in [0.15, 0.2) is 0 Å². The molecule has 30 heavy (non-hydrogen) atoms. The Labute approximate surface area is 180 Å². The zero-order valence-corrected chi connectivity index (χ0v) is 18.7. The fourth-order valence-electron chi connectivity index (χ4n) is 4.07. The Morgan fingerprint density at radius 3 is 2.13 bits per heavy atom. The van der Waals surface area contributed by atoms with Gasteiger partial charge in [0, 0.05) is 24.7 Å². The average Bonchev–Trinajstić information content (AvgIpc) is 2.74. The van der Waals surface area contributed by atoms with Crippen LogP contribution in [0.3, 0.4) is 0 Å². The number of nitrogens with one attached hydrogen (secondary N) is 1. The minimum atomic E-state index is -0.156. The Morgan fingerprint density at radius 2 is 1.57 bits per heavy atom. The third-order valence-corrected chi connectivity index (χ3v) is 5.99.